The first kappa shape index (κ1) is 10.6. The van der Waals surface area contributed by atoms with Gasteiger partial charge < -0.3 is 10.0 Å². The molecule has 74 valence electrons. The van der Waals surface area contributed by atoms with Crippen molar-refractivity contribution in [1.29, 1.82) is 0 Å². The van der Waals surface area contributed by atoms with Crippen LogP contribution in [0.1, 0.15) is 17.1 Å². The number of thiazole rings is 1. The molecule has 1 heterocycles. The molecule has 1 N–H and O–H groups in total. The van der Waals surface area contributed by atoms with Gasteiger partial charge in [0.1, 0.15) is 0 Å². The van der Waals surface area contributed by atoms with Gasteiger partial charge in [-0.2, -0.15) is 0 Å². The molecule has 4 heteroatoms. The zero-order valence-electron chi connectivity index (χ0n) is 8.16. The first-order chi connectivity index (χ1) is 6.22. The zero-order chi connectivity index (χ0) is 9.68. The minimum absolute atomic E-state index is 0.264. The highest BCUT2D eigenvalue weighted by molar-refractivity contribution is 7.09. The fourth-order valence-electron chi connectivity index (χ4n) is 1.18. The molecule has 0 unspecified atom stereocenters. The van der Waals surface area contributed by atoms with Crippen LogP contribution in [0.2, 0.25) is 0 Å². The second kappa shape index (κ2) is 5.32. The summed E-state index contributed by atoms with van der Waals surface area (Å²) in [5, 5.41) is 11.8. The molecule has 0 spiro atoms. The highest BCUT2D eigenvalue weighted by Crippen LogP contribution is 2.09. The molecule has 0 atom stereocenters. The van der Waals surface area contributed by atoms with Gasteiger partial charge in [0.05, 0.1) is 10.7 Å². The van der Waals surface area contributed by atoms with Crippen molar-refractivity contribution in [3.8, 4) is 0 Å². The molecule has 0 amide bonds. The van der Waals surface area contributed by atoms with E-state index in [0.717, 1.165) is 30.2 Å². The summed E-state index contributed by atoms with van der Waals surface area (Å²) in [5.74, 6) is 0. The molecule has 0 aliphatic heterocycles. The summed E-state index contributed by atoms with van der Waals surface area (Å²) in [7, 11) is 2.05. The number of aromatic nitrogens is 1. The maximum absolute atomic E-state index is 8.65. The van der Waals surface area contributed by atoms with E-state index in [1.165, 1.54) is 0 Å². The monoisotopic (exact) mass is 200 g/mol. The third-order valence-electron chi connectivity index (χ3n) is 1.80. The second-order valence-electron chi connectivity index (χ2n) is 3.17. The Morgan fingerprint density at radius 1 is 1.62 bits per heavy atom. The van der Waals surface area contributed by atoms with E-state index in [4.69, 9.17) is 5.11 Å². The van der Waals surface area contributed by atoms with Crippen molar-refractivity contribution in [2.24, 2.45) is 0 Å². The Bertz CT molecular complexity index is 250. The van der Waals surface area contributed by atoms with Crippen molar-refractivity contribution in [1.82, 2.24) is 9.88 Å². The number of aliphatic hydroxyl groups is 1. The minimum atomic E-state index is 0.264. The molecule has 0 fully saturated rings. The molecule has 1 aromatic heterocycles. The van der Waals surface area contributed by atoms with Crippen LogP contribution in [0, 0.1) is 6.92 Å². The normalized spacial score (nSPS) is 11.1. The van der Waals surface area contributed by atoms with E-state index in [9.17, 15) is 0 Å². The van der Waals surface area contributed by atoms with Gasteiger partial charge in [-0.3, -0.25) is 0 Å². The number of rotatable bonds is 5. The molecule has 13 heavy (non-hydrogen) atoms. The Balaban J connectivity index is 2.31. The Morgan fingerprint density at radius 3 is 2.92 bits per heavy atom. The average Bonchev–Trinajstić information content (AvgIpc) is 2.48. The first-order valence-corrected chi connectivity index (χ1v) is 5.30. The van der Waals surface area contributed by atoms with Crippen LogP contribution in [0.3, 0.4) is 0 Å². The molecular formula is C9H16N2OS. The van der Waals surface area contributed by atoms with Crippen LogP contribution in [-0.2, 0) is 6.54 Å². The molecule has 0 bridgehead atoms. The van der Waals surface area contributed by atoms with Crippen LogP contribution < -0.4 is 0 Å². The van der Waals surface area contributed by atoms with Gasteiger partial charge in [0, 0.05) is 25.1 Å². The summed E-state index contributed by atoms with van der Waals surface area (Å²) in [6.07, 6.45) is 0.833. The summed E-state index contributed by atoms with van der Waals surface area (Å²) in [5.41, 5.74) is 1.13. The smallest absolute Gasteiger partial charge is 0.0897 e. The van der Waals surface area contributed by atoms with Gasteiger partial charge >= 0.3 is 0 Å². The molecule has 1 aromatic rings. The first-order valence-electron chi connectivity index (χ1n) is 4.43. The van der Waals surface area contributed by atoms with E-state index in [1.54, 1.807) is 11.3 Å². The molecule has 3 nitrogen and oxygen atoms in total. The maximum Gasteiger partial charge on any atom is 0.0897 e. The molecule has 1 rings (SSSR count). The molecule has 0 saturated heterocycles. The Hall–Kier alpha value is -0.450. The fourth-order valence-corrected chi connectivity index (χ4v) is 1.78. The van der Waals surface area contributed by atoms with Gasteiger partial charge in [0.15, 0.2) is 0 Å². The zero-order valence-corrected chi connectivity index (χ0v) is 8.97. The van der Waals surface area contributed by atoms with Gasteiger partial charge in [0.25, 0.3) is 0 Å². The summed E-state index contributed by atoms with van der Waals surface area (Å²) >= 11 is 1.68. The standard InChI is InChI=1S/C9H16N2OS/c1-8-10-9(7-13-8)6-11(2)4-3-5-12/h7,12H,3-6H2,1-2H3. The molecule has 0 aromatic carbocycles. The molecular weight excluding hydrogens is 184 g/mol. The molecule has 0 aliphatic rings. The number of hydrogen-bond donors (Lipinski definition) is 1. The molecule has 0 saturated carbocycles. The Labute approximate surface area is 83.0 Å². The topological polar surface area (TPSA) is 36.4 Å². The second-order valence-corrected chi connectivity index (χ2v) is 4.24. The van der Waals surface area contributed by atoms with Crippen LogP contribution in [0.25, 0.3) is 0 Å². The average molecular weight is 200 g/mol. The number of nitrogens with zero attached hydrogens (tertiary/aromatic N) is 2. The third-order valence-corrected chi connectivity index (χ3v) is 2.62. The largest absolute Gasteiger partial charge is 0.396 e. The highest BCUT2D eigenvalue weighted by Gasteiger charge is 2.02. The van der Waals surface area contributed by atoms with E-state index in [-0.39, 0.29) is 6.61 Å². The van der Waals surface area contributed by atoms with Gasteiger partial charge in [-0.1, -0.05) is 0 Å². The Morgan fingerprint density at radius 2 is 2.38 bits per heavy atom. The van der Waals surface area contributed by atoms with Crippen molar-refractivity contribution >= 4 is 11.3 Å². The van der Waals surface area contributed by atoms with Gasteiger partial charge in [0.2, 0.25) is 0 Å². The fraction of sp³-hybridized carbons (Fsp3) is 0.667. The van der Waals surface area contributed by atoms with E-state index >= 15 is 0 Å². The van der Waals surface area contributed by atoms with Gasteiger partial charge in [-0.15, -0.1) is 11.3 Å². The van der Waals surface area contributed by atoms with Gasteiger partial charge in [-0.25, -0.2) is 4.98 Å². The van der Waals surface area contributed by atoms with Crippen LogP contribution in [0.15, 0.2) is 5.38 Å². The van der Waals surface area contributed by atoms with Crippen molar-refractivity contribution < 1.29 is 5.11 Å². The van der Waals surface area contributed by atoms with Crippen LogP contribution >= 0.6 is 11.3 Å². The van der Waals surface area contributed by atoms with Crippen LogP contribution in [0.5, 0.6) is 0 Å². The van der Waals surface area contributed by atoms with E-state index < -0.39 is 0 Å². The predicted molar refractivity (Wildman–Crippen MR) is 54.9 cm³/mol. The van der Waals surface area contributed by atoms with Gasteiger partial charge in [-0.05, 0) is 20.4 Å². The lowest BCUT2D eigenvalue weighted by Crippen LogP contribution is -2.20. The molecule has 0 aliphatic carbocycles. The lowest BCUT2D eigenvalue weighted by Gasteiger charge is -2.13. The number of aryl methyl sites for hydroxylation is 1. The SMILES string of the molecule is Cc1nc(CN(C)CCCO)cs1. The summed E-state index contributed by atoms with van der Waals surface area (Å²) < 4.78 is 0. The minimum Gasteiger partial charge on any atom is -0.396 e. The summed E-state index contributed by atoms with van der Waals surface area (Å²) in [6, 6.07) is 0. The quantitative estimate of drug-likeness (QED) is 0.777. The number of aliphatic hydroxyl groups excluding tert-OH is 1. The van der Waals surface area contributed by atoms with Crippen molar-refractivity contribution in [3.63, 3.8) is 0 Å². The summed E-state index contributed by atoms with van der Waals surface area (Å²) in [4.78, 5) is 6.54. The van der Waals surface area contributed by atoms with Crippen LogP contribution in [0.4, 0.5) is 0 Å². The number of hydrogen-bond acceptors (Lipinski definition) is 4. The molecule has 0 radical (unpaired) electrons. The van der Waals surface area contributed by atoms with E-state index in [0.29, 0.717) is 0 Å². The predicted octanol–water partition coefficient (Wildman–Crippen LogP) is 1.27. The van der Waals surface area contributed by atoms with E-state index in [2.05, 4.69) is 15.3 Å². The maximum atomic E-state index is 8.65. The van der Waals surface area contributed by atoms with Crippen molar-refractivity contribution in [2.75, 3.05) is 20.2 Å². The Kier molecular flexibility index (Phi) is 4.35. The summed E-state index contributed by atoms with van der Waals surface area (Å²) in [6.45, 7) is 4.08. The van der Waals surface area contributed by atoms with Crippen molar-refractivity contribution in [3.05, 3.63) is 16.1 Å². The highest BCUT2D eigenvalue weighted by atomic mass is 32.1. The lowest BCUT2D eigenvalue weighted by atomic mass is 10.4. The van der Waals surface area contributed by atoms with E-state index in [1.807, 2.05) is 14.0 Å². The van der Waals surface area contributed by atoms with Crippen LogP contribution in [-0.4, -0.2) is 35.2 Å². The lowest BCUT2D eigenvalue weighted by molar-refractivity contribution is 0.243. The third kappa shape index (κ3) is 3.85. The van der Waals surface area contributed by atoms with Crippen molar-refractivity contribution in [2.45, 2.75) is 19.9 Å².